The van der Waals surface area contributed by atoms with Gasteiger partial charge in [-0.1, -0.05) is 74.0 Å². The Balaban J connectivity index is 1.60. The van der Waals surface area contributed by atoms with Crippen LogP contribution < -0.4 is 5.32 Å². The number of carbonyl (C=O) groups excluding carboxylic acids is 2. The van der Waals surface area contributed by atoms with E-state index in [1.165, 1.54) is 6.20 Å². The van der Waals surface area contributed by atoms with Gasteiger partial charge in [0.15, 0.2) is 11.8 Å². The van der Waals surface area contributed by atoms with Gasteiger partial charge in [0.1, 0.15) is 0 Å². The van der Waals surface area contributed by atoms with E-state index in [0.717, 1.165) is 46.8 Å². The molecule has 0 bridgehead atoms. The summed E-state index contributed by atoms with van der Waals surface area (Å²) in [6, 6.07) is 23.1. The SMILES string of the molecule is CCCCc1ccc(NC(=O)C(C(=O)c2c(-c3ccccc3)n(C)c3ccccc23)n2cc(C(=O)O)cn2)cc1. The molecule has 0 saturated heterocycles. The Morgan fingerprint density at radius 2 is 1.65 bits per heavy atom. The molecular formula is C32H30N4O4. The van der Waals surface area contributed by atoms with Crippen LogP contribution in [0.3, 0.4) is 0 Å². The van der Waals surface area contributed by atoms with Gasteiger partial charge in [0, 0.05) is 29.8 Å². The maximum Gasteiger partial charge on any atom is 0.338 e. The van der Waals surface area contributed by atoms with Gasteiger partial charge in [0.25, 0.3) is 5.91 Å². The predicted molar refractivity (Wildman–Crippen MR) is 155 cm³/mol. The standard InChI is InChI=1S/C32H30N4O4/c1-3-4-10-21-15-17-24(18-16-21)34-31(38)29(36-20-23(19-33-36)32(39)40)30(37)27-25-13-8-9-14-26(25)35(2)28(27)22-11-6-5-7-12-22/h5-9,11-20,29H,3-4,10H2,1-2H3,(H,34,38)(H,39,40). The largest absolute Gasteiger partial charge is 0.478 e. The predicted octanol–water partition coefficient (Wildman–Crippen LogP) is 6.15. The van der Waals surface area contributed by atoms with Gasteiger partial charge in [-0.25, -0.2) is 4.79 Å². The number of rotatable bonds is 10. The highest BCUT2D eigenvalue weighted by atomic mass is 16.4. The second kappa shape index (κ2) is 11.4. The summed E-state index contributed by atoms with van der Waals surface area (Å²) in [5.41, 5.74) is 4.26. The van der Waals surface area contributed by atoms with Gasteiger partial charge in [-0.05, 0) is 42.2 Å². The number of fused-ring (bicyclic) bond motifs is 1. The van der Waals surface area contributed by atoms with E-state index in [1.54, 1.807) is 0 Å². The molecule has 0 spiro atoms. The minimum Gasteiger partial charge on any atom is -0.478 e. The summed E-state index contributed by atoms with van der Waals surface area (Å²) in [7, 11) is 1.88. The number of aryl methyl sites for hydroxylation is 2. The molecule has 202 valence electrons. The fourth-order valence-corrected chi connectivity index (χ4v) is 5.01. The van der Waals surface area contributed by atoms with Gasteiger partial charge in [-0.3, -0.25) is 14.3 Å². The van der Waals surface area contributed by atoms with Crippen LogP contribution in [0.15, 0.2) is 91.3 Å². The lowest BCUT2D eigenvalue weighted by molar-refractivity contribution is -0.118. The van der Waals surface area contributed by atoms with Crippen molar-refractivity contribution in [3.63, 3.8) is 0 Å². The molecule has 5 rings (SSSR count). The Morgan fingerprint density at radius 1 is 0.950 bits per heavy atom. The molecular weight excluding hydrogens is 504 g/mol. The molecule has 0 aliphatic heterocycles. The van der Waals surface area contributed by atoms with Crippen molar-refractivity contribution in [1.82, 2.24) is 14.3 Å². The van der Waals surface area contributed by atoms with Crippen LogP contribution in [0.4, 0.5) is 5.69 Å². The highest BCUT2D eigenvalue weighted by molar-refractivity contribution is 6.22. The summed E-state index contributed by atoms with van der Waals surface area (Å²) >= 11 is 0. The zero-order chi connectivity index (χ0) is 28.2. The van der Waals surface area contributed by atoms with Gasteiger partial charge in [0.05, 0.1) is 23.0 Å². The van der Waals surface area contributed by atoms with Crippen molar-refractivity contribution in [1.29, 1.82) is 0 Å². The lowest BCUT2D eigenvalue weighted by Crippen LogP contribution is -2.33. The highest BCUT2D eigenvalue weighted by Crippen LogP contribution is 2.35. The van der Waals surface area contributed by atoms with E-state index in [0.29, 0.717) is 22.3 Å². The number of ketones is 1. The monoisotopic (exact) mass is 534 g/mol. The van der Waals surface area contributed by atoms with E-state index < -0.39 is 23.7 Å². The van der Waals surface area contributed by atoms with Crippen LogP contribution in [-0.4, -0.2) is 37.1 Å². The first kappa shape index (κ1) is 26.6. The summed E-state index contributed by atoms with van der Waals surface area (Å²) in [5, 5.41) is 17.2. The highest BCUT2D eigenvalue weighted by Gasteiger charge is 2.35. The number of carbonyl (C=O) groups is 3. The minimum absolute atomic E-state index is 0.118. The molecule has 2 N–H and O–H groups in total. The Hall–Kier alpha value is -4.98. The number of carboxylic acid groups (broad SMARTS) is 1. The summed E-state index contributed by atoms with van der Waals surface area (Å²) in [6.45, 7) is 2.13. The zero-order valence-corrected chi connectivity index (χ0v) is 22.4. The maximum atomic E-state index is 14.5. The number of anilines is 1. The molecule has 0 aliphatic carbocycles. The fourth-order valence-electron chi connectivity index (χ4n) is 5.01. The van der Waals surface area contributed by atoms with Crippen molar-refractivity contribution in [2.75, 3.05) is 5.32 Å². The number of Topliss-reactive ketones (excluding diaryl/α,β-unsaturated/α-hetero) is 1. The number of para-hydroxylation sites is 1. The molecule has 0 radical (unpaired) electrons. The maximum absolute atomic E-state index is 14.5. The zero-order valence-electron chi connectivity index (χ0n) is 22.4. The fraction of sp³-hybridized carbons (Fsp3) is 0.188. The van der Waals surface area contributed by atoms with Crippen LogP contribution in [0.1, 0.15) is 52.1 Å². The number of carboxylic acids is 1. The van der Waals surface area contributed by atoms with Gasteiger partial charge in [-0.15, -0.1) is 0 Å². The number of aromatic nitrogens is 3. The molecule has 1 unspecified atom stereocenters. The van der Waals surface area contributed by atoms with E-state index in [4.69, 9.17) is 0 Å². The van der Waals surface area contributed by atoms with Crippen molar-refractivity contribution in [2.45, 2.75) is 32.2 Å². The van der Waals surface area contributed by atoms with Crippen molar-refractivity contribution in [2.24, 2.45) is 7.05 Å². The Kier molecular flexibility index (Phi) is 7.59. The quantitative estimate of drug-likeness (QED) is 0.165. The molecule has 1 atom stereocenters. The molecule has 0 fully saturated rings. The number of amides is 1. The third kappa shape index (κ3) is 5.16. The Bertz CT molecular complexity index is 1680. The summed E-state index contributed by atoms with van der Waals surface area (Å²) in [4.78, 5) is 39.9. The molecule has 2 aromatic heterocycles. The number of benzene rings is 3. The van der Waals surface area contributed by atoms with E-state index >= 15 is 0 Å². The average molecular weight is 535 g/mol. The second-order valence-corrected chi connectivity index (χ2v) is 9.74. The molecule has 8 nitrogen and oxygen atoms in total. The van der Waals surface area contributed by atoms with Crippen molar-refractivity contribution in [3.05, 3.63) is 108 Å². The van der Waals surface area contributed by atoms with E-state index in [1.807, 2.05) is 90.5 Å². The Morgan fingerprint density at radius 3 is 2.33 bits per heavy atom. The number of unbranched alkanes of at least 4 members (excludes halogenated alkanes) is 1. The number of hydrogen-bond donors (Lipinski definition) is 2. The molecule has 1 amide bonds. The minimum atomic E-state index is -1.44. The number of hydrogen-bond acceptors (Lipinski definition) is 4. The molecule has 40 heavy (non-hydrogen) atoms. The number of nitrogens with one attached hydrogen (secondary N) is 1. The number of nitrogens with zero attached hydrogens (tertiary/aromatic N) is 3. The lowest BCUT2D eigenvalue weighted by atomic mass is 9.97. The van der Waals surface area contributed by atoms with Crippen LogP contribution in [0.25, 0.3) is 22.2 Å². The molecule has 5 aromatic rings. The van der Waals surface area contributed by atoms with Crippen molar-refractivity contribution in [3.8, 4) is 11.3 Å². The lowest BCUT2D eigenvalue weighted by Gasteiger charge is -2.18. The van der Waals surface area contributed by atoms with E-state index in [2.05, 4.69) is 17.3 Å². The summed E-state index contributed by atoms with van der Waals surface area (Å²) in [5.74, 6) is -2.30. The molecule has 2 heterocycles. The summed E-state index contributed by atoms with van der Waals surface area (Å²) in [6.07, 6.45) is 5.46. The van der Waals surface area contributed by atoms with Crippen molar-refractivity contribution < 1.29 is 19.5 Å². The van der Waals surface area contributed by atoms with Crippen LogP contribution in [0.5, 0.6) is 0 Å². The smallest absolute Gasteiger partial charge is 0.338 e. The first-order chi connectivity index (χ1) is 19.4. The van der Waals surface area contributed by atoms with Gasteiger partial charge in [-0.2, -0.15) is 5.10 Å². The van der Waals surface area contributed by atoms with Crippen LogP contribution in [0, 0.1) is 0 Å². The second-order valence-electron chi connectivity index (χ2n) is 9.74. The topological polar surface area (TPSA) is 106 Å². The van der Waals surface area contributed by atoms with Gasteiger partial charge in [0.2, 0.25) is 0 Å². The van der Waals surface area contributed by atoms with E-state index in [-0.39, 0.29) is 5.56 Å². The van der Waals surface area contributed by atoms with Crippen molar-refractivity contribution >= 4 is 34.3 Å². The first-order valence-corrected chi connectivity index (χ1v) is 13.2. The molecule has 8 heteroatoms. The van der Waals surface area contributed by atoms with Crippen LogP contribution in [-0.2, 0) is 18.3 Å². The number of aromatic carboxylic acids is 1. The first-order valence-electron chi connectivity index (χ1n) is 13.2. The molecule has 3 aromatic carbocycles. The molecule has 0 saturated carbocycles. The van der Waals surface area contributed by atoms with Gasteiger partial charge < -0.3 is 15.0 Å². The normalized spacial score (nSPS) is 11.8. The molecule has 0 aliphatic rings. The van der Waals surface area contributed by atoms with E-state index in [9.17, 15) is 19.5 Å². The third-order valence-corrected chi connectivity index (χ3v) is 7.05. The van der Waals surface area contributed by atoms with Crippen LogP contribution in [0.2, 0.25) is 0 Å². The third-order valence-electron chi connectivity index (χ3n) is 7.05. The summed E-state index contributed by atoms with van der Waals surface area (Å²) < 4.78 is 3.07. The Labute approximate surface area is 231 Å². The van der Waals surface area contributed by atoms with Crippen LogP contribution >= 0.6 is 0 Å². The average Bonchev–Trinajstić information content (AvgIpc) is 3.57. The van der Waals surface area contributed by atoms with Gasteiger partial charge >= 0.3 is 5.97 Å².